The summed E-state index contributed by atoms with van der Waals surface area (Å²) in [7, 11) is 4.33. The summed E-state index contributed by atoms with van der Waals surface area (Å²) in [5.74, 6) is 2.16. The topological polar surface area (TPSA) is 23.4 Å². The second kappa shape index (κ2) is 13.2. The third-order valence-corrected chi connectivity index (χ3v) is 11.1. The maximum atomic E-state index is 4.16. The highest BCUT2D eigenvalue weighted by atomic mass is 32.2. The Bertz CT molecular complexity index is 1170. The number of benzene rings is 1. The summed E-state index contributed by atoms with van der Waals surface area (Å²) >= 11 is 1.83. The molecule has 0 bridgehead atoms. The average molecular weight is 559 g/mol. The molecule has 3 heterocycles. The van der Waals surface area contributed by atoms with Crippen molar-refractivity contribution < 1.29 is 0 Å². The molecule has 0 amide bonds. The van der Waals surface area contributed by atoms with Gasteiger partial charge in [0.1, 0.15) is 0 Å². The van der Waals surface area contributed by atoms with Gasteiger partial charge in [-0.3, -0.25) is 0 Å². The van der Waals surface area contributed by atoms with Gasteiger partial charge in [-0.2, -0.15) is 0 Å². The minimum atomic E-state index is 0.0608. The van der Waals surface area contributed by atoms with Crippen molar-refractivity contribution in [2.75, 3.05) is 44.7 Å². The third kappa shape index (κ3) is 6.03. The molecule has 1 atom stereocenters. The average Bonchev–Trinajstić information content (AvgIpc) is 3.64. The number of hydrogen-bond donors (Lipinski definition) is 1. The SMILES string of the molecule is C=C/C(C)=C(\C=C/C)C(NC)(C1CCCC1)C1CCN(CC2CN(c3ccc(Sc4cccn4C)cc3)C2)CC1. The number of hydrogen-bond acceptors (Lipinski definition) is 4. The molecule has 40 heavy (non-hydrogen) atoms. The minimum Gasteiger partial charge on any atom is -0.371 e. The van der Waals surface area contributed by atoms with Crippen molar-refractivity contribution >= 4 is 17.4 Å². The fraction of sp³-hybridized carbons (Fsp3) is 0.543. The van der Waals surface area contributed by atoms with Gasteiger partial charge >= 0.3 is 0 Å². The van der Waals surface area contributed by atoms with E-state index < -0.39 is 0 Å². The largest absolute Gasteiger partial charge is 0.371 e. The van der Waals surface area contributed by atoms with Gasteiger partial charge in [0, 0.05) is 54.9 Å². The standard InChI is InChI=1S/C35H50N4S/c1-6-11-33(27(3)7-2)35(36-4,29-12-8-9-13-29)30-19-22-38(23-20-30)24-28-25-39(26-28)31-15-17-32(18-16-31)40-34-14-10-21-37(34)5/h6-7,10-11,14-18,21,28-30,36H,2,8-9,12-13,19-20,22-26H2,1,3-5H3/b11-6-,33-27+. The van der Waals surface area contributed by atoms with Gasteiger partial charge in [0.15, 0.2) is 0 Å². The van der Waals surface area contributed by atoms with E-state index in [0.717, 1.165) is 5.92 Å². The smallest absolute Gasteiger partial charge is 0.0793 e. The highest BCUT2D eigenvalue weighted by Gasteiger charge is 2.48. The molecule has 1 aromatic carbocycles. The fourth-order valence-electron chi connectivity index (χ4n) is 7.80. The number of rotatable bonds is 11. The summed E-state index contributed by atoms with van der Waals surface area (Å²) in [5.41, 5.74) is 4.25. The third-order valence-electron chi connectivity index (χ3n) is 9.95. The van der Waals surface area contributed by atoms with Gasteiger partial charge in [-0.25, -0.2) is 0 Å². The molecule has 0 spiro atoms. The van der Waals surface area contributed by atoms with Crippen molar-refractivity contribution in [3.8, 4) is 0 Å². The molecule has 1 aromatic heterocycles. The zero-order valence-electron chi connectivity index (χ0n) is 25.2. The molecule has 1 aliphatic carbocycles. The first kappa shape index (κ1) is 29.3. The molecule has 2 saturated heterocycles. The molecule has 2 aromatic rings. The van der Waals surface area contributed by atoms with E-state index in [1.807, 2.05) is 11.8 Å². The fourth-order valence-corrected chi connectivity index (χ4v) is 8.66. The van der Waals surface area contributed by atoms with Gasteiger partial charge in [-0.1, -0.05) is 49.4 Å². The Hall–Kier alpha value is -2.21. The molecule has 1 saturated carbocycles. The second-order valence-corrected chi connectivity index (χ2v) is 13.4. The maximum Gasteiger partial charge on any atom is 0.0793 e. The molecule has 0 radical (unpaired) electrons. The first-order valence-electron chi connectivity index (χ1n) is 15.5. The van der Waals surface area contributed by atoms with Crippen molar-refractivity contribution in [3.05, 3.63) is 78.5 Å². The number of anilines is 1. The van der Waals surface area contributed by atoms with E-state index in [1.165, 1.54) is 98.0 Å². The number of piperidine rings is 1. The summed E-state index contributed by atoms with van der Waals surface area (Å²) in [4.78, 5) is 6.61. The van der Waals surface area contributed by atoms with Crippen LogP contribution in [0.5, 0.6) is 0 Å². The normalized spacial score (nSPS) is 21.9. The van der Waals surface area contributed by atoms with E-state index in [2.05, 4.69) is 115 Å². The molecule has 2 aliphatic heterocycles. The van der Waals surface area contributed by atoms with E-state index in [1.54, 1.807) is 0 Å². The molecule has 1 unspecified atom stereocenters. The summed E-state index contributed by atoms with van der Waals surface area (Å²) in [6.07, 6.45) is 16.8. The molecule has 5 heteroatoms. The van der Waals surface area contributed by atoms with Crippen molar-refractivity contribution in [2.45, 2.75) is 67.8 Å². The van der Waals surface area contributed by atoms with Crippen molar-refractivity contribution in [1.29, 1.82) is 0 Å². The molecule has 3 aliphatic rings. The Balaban J connectivity index is 1.16. The van der Waals surface area contributed by atoms with Crippen LogP contribution in [0.1, 0.15) is 52.4 Å². The molecule has 3 fully saturated rings. The lowest BCUT2D eigenvalue weighted by atomic mass is 9.64. The van der Waals surface area contributed by atoms with Gasteiger partial charge in [-0.05, 0) is 119 Å². The predicted molar refractivity (Wildman–Crippen MR) is 172 cm³/mol. The van der Waals surface area contributed by atoms with Crippen LogP contribution >= 0.6 is 11.8 Å². The van der Waals surface area contributed by atoms with Crippen LogP contribution in [-0.2, 0) is 7.05 Å². The Kier molecular flexibility index (Phi) is 9.65. The lowest BCUT2D eigenvalue weighted by Gasteiger charge is -2.51. The number of aryl methyl sites for hydroxylation is 1. The van der Waals surface area contributed by atoms with E-state index in [4.69, 9.17) is 0 Å². The van der Waals surface area contributed by atoms with E-state index in [9.17, 15) is 0 Å². The number of aromatic nitrogens is 1. The van der Waals surface area contributed by atoms with Crippen LogP contribution in [0, 0.1) is 17.8 Å². The zero-order chi connectivity index (χ0) is 28.1. The van der Waals surface area contributed by atoms with Crippen LogP contribution in [0.2, 0.25) is 0 Å². The Morgan fingerprint density at radius 2 is 1.73 bits per heavy atom. The zero-order valence-corrected chi connectivity index (χ0v) is 26.1. The number of nitrogens with zero attached hydrogens (tertiary/aromatic N) is 3. The molecule has 216 valence electrons. The Morgan fingerprint density at radius 1 is 1.05 bits per heavy atom. The van der Waals surface area contributed by atoms with Crippen molar-refractivity contribution in [3.63, 3.8) is 0 Å². The Labute approximate surface area is 247 Å². The summed E-state index contributed by atoms with van der Waals surface area (Å²) in [6.45, 7) is 14.6. The number of likely N-dealkylation sites (tertiary alicyclic amines) is 1. The van der Waals surface area contributed by atoms with Crippen LogP contribution in [0.15, 0.2) is 88.5 Å². The minimum absolute atomic E-state index is 0.0608. The van der Waals surface area contributed by atoms with E-state index >= 15 is 0 Å². The van der Waals surface area contributed by atoms with Gasteiger partial charge in [0.2, 0.25) is 0 Å². The van der Waals surface area contributed by atoms with Crippen LogP contribution < -0.4 is 10.2 Å². The molecular formula is C35H50N4S. The molecule has 4 nitrogen and oxygen atoms in total. The number of likely N-dealkylation sites (N-methyl/N-ethyl adjacent to an activating group) is 1. The van der Waals surface area contributed by atoms with E-state index in [0.29, 0.717) is 11.8 Å². The lowest BCUT2D eigenvalue weighted by molar-refractivity contribution is 0.0832. The molecular weight excluding hydrogens is 508 g/mol. The predicted octanol–water partition coefficient (Wildman–Crippen LogP) is 7.55. The van der Waals surface area contributed by atoms with Crippen LogP contribution in [0.4, 0.5) is 5.69 Å². The quantitative estimate of drug-likeness (QED) is 0.288. The first-order valence-corrected chi connectivity index (χ1v) is 16.3. The second-order valence-electron chi connectivity index (χ2n) is 12.3. The number of allylic oxidation sites excluding steroid dienone is 3. The monoisotopic (exact) mass is 558 g/mol. The first-order chi connectivity index (χ1) is 19.5. The van der Waals surface area contributed by atoms with Gasteiger partial charge < -0.3 is 19.7 Å². The van der Waals surface area contributed by atoms with Crippen molar-refractivity contribution in [1.82, 2.24) is 14.8 Å². The molecule has 1 N–H and O–H groups in total. The van der Waals surface area contributed by atoms with Crippen LogP contribution in [0.25, 0.3) is 0 Å². The van der Waals surface area contributed by atoms with E-state index in [-0.39, 0.29) is 5.54 Å². The summed E-state index contributed by atoms with van der Waals surface area (Å²) < 4.78 is 2.18. The van der Waals surface area contributed by atoms with Crippen LogP contribution in [-0.4, -0.2) is 54.8 Å². The van der Waals surface area contributed by atoms with Gasteiger partial charge in [0.05, 0.1) is 5.03 Å². The van der Waals surface area contributed by atoms with Gasteiger partial charge in [-0.15, -0.1) is 0 Å². The van der Waals surface area contributed by atoms with Gasteiger partial charge in [0.25, 0.3) is 0 Å². The highest BCUT2D eigenvalue weighted by Crippen LogP contribution is 2.47. The maximum absolute atomic E-state index is 4.16. The van der Waals surface area contributed by atoms with Crippen molar-refractivity contribution in [2.24, 2.45) is 24.8 Å². The van der Waals surface area contributed by atoms with Crippen LogP contribution in [0.3, 0.4) is 0 Å². The summed E-state index contributed by atoms with van der Waals surface area (Å²) in [6, 6.07) is 13.4. The highest BCUT2D eigenvalue weighted by molar-refractivity contribution is 7.99. The summed E-state index contributed by atoms with van der Waals surface area (Å²) in [5, 5.41) is 5.24. The Morgan fingerprint density at radius 3 is 2.30 bits per heavy atom. The molecule has 5 rings (SSSR count). The number of nitrogens with one attached hydrogen (secondary N) is 1. The lowest BCUT2D eigenvalue weighted by Crippen LogP contribution is -2.59.